The van der Waals surface area contributed by atoms with Crippen LogP contribution < -0.4 is 25.0 Å². The number of nitrogens with zero attached hydrogens (tertiary/aromatic N) is 1. The van der Waals surface area contributed by atoms with Gasteiger partial charge in [-0.2, -0.15) is 0 Å². The summed E-state index contributed by atoms with van der Waals surface area (Å²) in [6.07, 6.45) is 3.06. The topological polar surface area (TPSA) is 62.8 Å². The number of hydrogen-bond donors (Lipinski definition) is 2. The van der Waals surface area contributed by atoms with Gasteiger partial charge in [0.05, 0.1) is 13.2 Å². The molecule has 1 aliphatic heterocycles. The van der Waals surface area contributed by atoms with Gasteiger partial charge in [-0.05, 0) is 75.8 Å². The zero-order valence-electron chi connectivity index (χ0n) is 19.8. The van der Waals surface area contributed by atoms with E-state index in [4.69, 9.17) is 9.47 Å². The monoisotopic (exact) mass is 439 g/mol. The molecule has 0 bridgehead atoms. The molecule has 1 saturated heterocycles. The molecule has 174 valence electrons. The Kier molecular flexibility index (Phi) is 8.65. The molecule has 0 radical (unpaired) electrons. The Hall–Kier alpha value is -2.89. The molecule has 2 atom stereocenters. The quantitative estimate of drug-likeness (QED) is 0.567. The fourth-order valence-corrected chi connectivity index (χ4v) is 4.02. The number of anilines is 1. The number of rotatable bonds is 10. The van der Waals surface area contributed by atoms with Crippen LogP contribution in [0.25, 0.3) is 0 Å². The first-order valence-corrected chi connectivity index (χ1v) is 11.6. The van der Waals surface area contributed by atoms with Gasteiger partial charge in [0.2, 0.25) is 0 Å². The van der Waals surface area contributed by atoms with Crippen molar-refractivity contribution < 1.29 is 14.3 Å². The van der Waals surface area contributed by atoms with Crippen LogP contribution in [0.5, 0.6) is 11.5 Å². The van der Waals surface area contributed by atoms with Gasteiger partial charge in [0.15, 0.2) is 0 Å². The number of carbonyl (C=O) groups is 1. The van der Waals surface area contributed by atoms with E-state index >= 15 is 0 Å². The van der Waals surface area contributed by atoms with Crippen LogP contribution in [-0.4, -0.2) is 44.9 Å². The number of amides is 2. The number of methoxy groups -OCH3 is 1. The molecule has 1 fully saturated rings. The Balaban J connectivity index is 1.34. The van der Waals surface area contributed by atoms with Gasteiger partial charge in [0.25, 0.3) is 0 Å². The van der Waals surface area contributed by atoms with Gasteiger partial charge in [-0.15, -0.1) is 0 Å². The van der Waals surface area contributed by atoms with Gasteiger partial charge in [-0.3, -0.25) is 0 Å². The highest BCUT2D eigenvalue weighted by Gasteiger charge is 2.23. The molecule has 6 heteroatoms. The van der Waals surface area contributed by atoms with Crippen molar-refractivity contribution in [1.29, 1.82) is 0 Å². The summed E-state index contributed by atoms with van der Waals surface area (Å²) in [4.78, 5) is 14.7. The minimum atomic E-state index is -0.0852. The minimum Gasteiger partial charge on any atom is -0.497 e. The van der Waals surface area contributed by atoms with E-state index in [9.17, 15) is 4.79 Å². The van der Waals surface area contributed by atoms with Gasteiger partial charge < -0.3 is 25.0 Å². The molecule has 2 aromatic rings. The Morgan fingerprint density at radius 3 is 2.62 bits per heavy atom. The summed E-state index contributed by atoms with van der Waals surface area (Å²) in [6.45, 7) is 8.73. The van der Waals surface area contributed by atoms with Crippen molar-refractivity contribution in [3.8, 4) is 11.5 Å². The first-order chi connectivity index (χ1) is 15.4. The smallest absolute Gasteiger partial charge is 0.315 e. The minimum absolute atomic E-state index is 0.0852. The standard InChI is InChI=1S/C26H37N3O3/c1-19(2)32-24-12-10-21(11-13-24)9-8-20(3)28-26(30)27-17-22-14-15-29(18-22)23-6-5-7-25(16-23)31-4/h5-7,10-13,16,19-20,22H,8-9,14-15,17-18H2,1-4H3,(H2,27,28,30). The SMILES string of the molecule is COc1cccc(N2CCC(CNC(=O)NC(C)CCc3ccc(OC(C)C)cc3)C2)c1. The highest BCUT2D eigenvalue weighted by Crippen LogP contribution is 2.26. The van der Waals surface area contributed by atoms with Gasteiger partial charge in [0.1, 0.15) is 11.5 Å². The predicted octanol–water partition coefficient (Wildman–Crippen LogP) is 4.63. The fraction of sp³-hybridized carbons (Fsp3) is 0.500. The van der Waals surface area contributed by atoms with Crippen molar-refractivity contribution in [3.63, 3.8) is 0 Å². The average molecular weight is 440 g/mol. The number of carbonyl (C=O) groups excluding carboxylic acids is 1. The van der Waals surface area contributed by atoms with Crippen LogP contribution in [0.1, 0.15) is 39.2 Å². The maximum atomic E-state index is 12.3. The Morgan fingerprint density at radius 2 is 1.91 bits per heavy atom. The molecular weight excluding hydrogens is 402 g/mol. The van der Waals surface area contributed by atoms with Crippen molar-refractivity contribution in [2.75, 3.05) is 31.6 Å². The number of ether oxygens (including phenoxy) is 2. The summed E-state index contributed by atoms with van der Waals surface area (Å²) in [5, 5.41) is 6.12. The summed E-state index contributed by atoms with van der Waals surface area (Å²) in [7, 11) is 1.69. The molecule has 2 amide bonds. The van der Waals surface area contributed by atoms with Gasteiger partial charge in [0, 0.05) is 37.4 Å². The molecule has 2 unspecified atom stereocenters. The largest absolute Gasteiger partial charge is 0.497 e. The number of hydrogen-bond acceptors (Lipinski definition) is 4. The van der Waals surface area contributed by atoms with E-state index in [1.165, 1.54) is 11.3 Å². The van der Waals surface area contributed by atoms with Gasteiger partial charge in [-0.1, -0.05) is 18.2 Å². The third-order valence-corrected chi connectivity index (χ3v) is 5.79. The Labute approximate surface area is 192 Å². The first-order valence-electron chi connectivity index (χ1n) is 11.6. The second-order valence-electron chi connectivity index (χ2n) is 8.91. The van der Waals surface area contributed by atoms with Crippen molar-refractivity contribution in [3.05, 3.63) is 54.1 Å². The molecule has 6 nitrogen and oxygen atoms in total. The molecular formula is C26H37N3O3. The van der Waals surface area contributed by atoms with Crippen molar-refractivity contribution in [2.24, 2.45) is 5.92 Å². The lowest BCUT2D eigenvalue weighted by molar-refractivity contribution is 0.235. The molecule has 2 aromatic carbocycles. The second-order valence-corrected chi connectivity index (χ2v) is 8.91. The number of aryl methyl sites for hydroxylation is 1. The fourth-order valence-electron chi connectivity index (χ4n) is 4.02. The third kappa shape index (κ3) is 7.36. The van der Waals surface area contributed by atoms with E-state index in [-0.39, 0.29) is 18.2 Å². The zero-order valence-corrected chi connectivity index (χ0v) is 19.8. The zero-order chi connectivity index (χ0) is 22.9. The lowest BCUT2D eigenvalue weighted by Gasteiger charge is -2.20. The van der Waals surface area contributed by atoms with Crippen LogP contribution in [0, 0.1) is 5.92 Å². The van der Waals surface area contributed by atoms with Crippen LogP contribution in [0.4, 0.5) is 10.5 Å². The lowest BCUT2D eigenvalue weighted by atomic mass is 10.1. The molecule has 32 heavy (non-hydrogen) atoms. The summed E-state index contributed by atoms with van der Waals surface area (Å²) >= 11 is 0. The number of benzene rings is 2. The van der Waals surface area contributed by atoms with E-state index in [0.29, 0.717) is 12.5 Å². The summed E-state index contributed by atoms with van der Waals surface area (Å²) in [5.74, 6) is 2.22. The Bertz CT molecular complexity index is 854. The lowest BCUT2D eigenvalue weighted by Crippen LogP contribution is -2.43. The van der Waals surface area contributed by atoms with Crippen LogP contribution in [0.15, 0.2) is 48.5 Å². The van der Waals surface area contributed by atoms with Crippen molar-refractivity contribution in [1.82, 2.24) is 10.6 Å². The first kappa shape index (κ1) is 23.8. The summed E-state index contributed by atoms with van der Waals surface area (Å²) < 4.78 is 11.0. The summed E-state index contributed by atoms with van der Waals surface area (Å²) in [5.41, 5.74) is 2.42. The van der Waals surface area contributed by atoms with E-state index < -0.39 is 0 Å². The van der Waals surface area contributed by atoms with E-state index in [1.54, 1.807) is 7.11 Å². The van der Waals surface area contributed by atoms with Gasteiger partial charge in [-0.25, -0.2) is 4.79 Å². The van der Waals surface area contributed by atoms with Crippen LogP contribution in [-0.2, 0) is 6.42 Å². The maximum absolute atomic E-state index is 12.3. The van der Waals surface area contributed by atoms with Crippen LogP contribution in [0.3, 0.4) is 0 Å². The maximum Gasteiger partial charge on any atom is 0.315 e. The Morgan fingerprint density at radius 1 is 1.12 bits per heavy atom. The molecule has 2 N–H and O–H groups in total. The molecule has 3 rings (SSSR count). The molecule has 0 aromatic heterocycles. The normalized spacial score (nSPS) is 16.7. The van der Waals surface area contributed by atoms with E-state index in [2.05, 4.69) is 46.7 Å². The van der Waals surface area contributed by atoms with Crippen molar-refractivity contribution >= 4 is 11.7 Å². The van der Waals surface area contributed by atoms with Crippen molar-refractivity contribution in [2.45, 2.75) is 52.2 Å². The number of urea groups is 1. The molecule has 0 saturated carbocycles. The highest BCUT2D eigenvalue weighted by molar-refractivity contribution is 5.74. The highest BCUT2D eigenvalue weighted by atomic mass is 16.5. The average Bonchev–Trinajstić information content (AvgIpc) is 3.26. The van der Waals surface area contributed by atoms with Gasteiger partial charge >= 0.3 is 6.03 Å². The van der Waals surface area contributed by atoms with E-state index in [0.717, 1.165) is 43.9 Å². The predicted molar refractivity (Wildman–Crippen MR) is 130 cm³/mol. The second kappa shape index (κ2) is 11.7. The molecule has 1 heterocycles. The molecule has 1 aliphatic rings. The van der Waals surface area contributed by atoms with E-state index in [1.807, 2.05) is 38.1 Å². The van der Waals surface area contributed by atoms with Crippen LogP contribution in [0.2, 0.25) is 0 Å². The molecule has 0 aliphatic carbocycles. The van der Waals surface area contributed by atoms with Crippen LogP contribution >= 0.6 is 0 Å². The summed E-state index contributed by atoms with van der Waals surface area (Å²) in [6, 6.07) is 16.4. The molecule has 0 spiro atoms. The number of nitrogens with one attached hydrogen (secondary N) is 2. The third-order valence-electron chi connectivity index (χ3n) is 5.79.